The summed E-state index contributed by atoms with van der Waals surface area (Å²) < 4.78 is 23.3. The monoisotopic (exact) mass is 534 g/mol. The molecule has 0 saturated heterocycles. The Morgan fingerprint density at radius 2 is 1.39 bits per heavy atom. The highest BCUT2D eigenvalue weighted by atomic mass is 16.6. The smallest absolute Gasteiger partial charge is 0.303 e. The van der Waals surface area contributed by atoms with E-state index in [9.17, 15) is 29.1 Å². The topological polar surface area (TPSA) is 143 Å². The summed E-state index contributed by atoms with van der Waals surface area (Å²) in [6, 6.07) is 0. The van der Waals surface area contributed by atoms with E-state index in [0.29, 0.717) is 12.8 Å². The molecular weight excluding hydrogens is 496 g/mol. The maximum Gasteiger partial charge on any atom is 0.303 e. The Kier molecular flexibility index (Phi) is 6.61. The van der Waals surface area contributed by atoms with Crippen LogP contribution in [0.4, 0.5) is 0 Å². The van der Waals surface area contributed by atoms with Gasteiger partial charge in [-0.1, -0.05) is 27.4 Å². The molecule has 4 aliphatic carbocycles. The number of carbonyl (C=O) groups excluding carboxylic acids is 5. The van der Waals surface area contributed by atoms with Gasteiger partial charge < -0.3 is 24.1 Å². The molecule has 0 aliphatic heterocycles. The van der Waals surface area contributed by atoms with Crippen LogP contribution in [-0.2, 0) is 42.9 Å². The summed E-state index contributed by atoms with van der Waals surface area (Å²) in [4.78, 5) is 63.9. The van der Waals surface area contributed by atoms with Crippen LogP contribution < -0.4 is 0 Å². The molecule has 0 heterocycles. The first-order valence-electron chi connectivity index (χ1n) is 13.1. The van der Waals surface area contributed by atoms with Gasteiger partial charge in [-0.25, -0.2) is 0 Å². The van der Waals surface area contributed by atoms with E-state index < -0.39 is 76.4 Å². The number of hydrogen-bond acceptors (Lipinski definition) is 10. The number of esters is 4. The maximum absolute atomic E-state index is 14.4. The third-order valence-corrected chi connectivity index (χ3v) is 9.77. The first-order valence-corrected chi connectivity index (χ1v) is 13.1. The minimum Gasteiger partial charge on any atom is -0.462 e. The van der Waals surface area contributed by atoms with Crippen LogP contribution in [0.15, 0.2) is 12.2 Å². The minimum atomic E-state index is -2.05. The van der Waals surface area contributed by atoms with Crippen LogP contribution in [0.2, 0.25) is 0 Å². The van der Waals surface area contributed by atoms with Gasteiger partial charge in [-0.2, -0.15) is 0 Å². The Morgan fingerprint density at radius 3 is 1.92 bits per heavy atom. The van der Waals surface area contributed by atoms with Crippen LogP contribution in [0.3, 0.4) is 0 Å². The zero-order chi connectivity index (χ0) is 28.6. The number of aliphatic hydroxyl groups is 1. The first-order chi connectivity index (χ1) is 17.4. The predicted octanol–water partition coefficient (Wildman–Crippen LogP) is 2.44. The van der Waals surface area contributed by atoms with Crippen molar-refractivity contribution >= 4 is 29.7 Å². The second-order valence-corrected chi connectivity index (χ2v) is 12.4. The molecule has 210 valence electrons. The molecule has 0 aromatic rings. The van der Waals surface area contributed by atoms with Crippen LogP contribution in [0, 0.1) is 28.1 Å². The first kappa shape index (κ1) is 28.3. The Morgan fingerprint density at radius 1 is 0.868 bits per heavy atom. The Balaban J connectivity index is 2.09. The molecule has 1 spiro atoms. The lowest BCUT2D eigenvalue weighted by atomic mass is 9.38. The van der Waals surface area contributed by atoms with Crippen molar-refractivity contribution in [2.24, 2.45) is 28.1 Å². The molecule has 4 aliphatic rings. The Labute approximate surface area is 222 Å². The molecule has 4 rings (SSSR count). The third kappa shape index (κ3) is 3.73. The van der Waals surface area contributed by atoms with Gasteiger partial charge in [0.05, 0.1) is 0 Å². The van der Waals surface area contributed by atoms with Gasteiger partial charge >= 0.3 is 23.9 Å². The second kappa shape index (κ2) is 8.89. The van der Waals surface area contributed by atoms with E-state index in [4.69, 9.17) is 18.9 Å². The summed E-state index contributed by atoms with van der Waals surface area (Å²) in [7, 11) is 0. The molecule has 0 aromatic heterocycles. The van der Waals surface area contributed by atoms with Crippen molar-refractivity contribution < 1.29 is 48.0 Å². The zero-order valence-electron chi connectivity index (χ0n) is 23.1. The minimum absolute atomic E-state index is 0.178. The number of hydrogen-bond donors (Lipinski definition) is 1. The van der Waals surface area contributed by atoms with E-state index in [-0.39, 0.29) is 29.7 Å². The number of rotatable bonds is 4. The van der Waals surface area contributed by atoms with Crippen LogP contribution in [0.25, 0.3) is 0 Å². The number of carbonyl (C=O) groups is 5. The molecule has 0 amide bonds. The van der Waals surface area contributed by atoms with E-state index in [1.54, 1.807) is 0 Å². The number of ether oxygens (including phenoxy) is 4. The lowest BCUT2D eigenvalue weighted by Crippen LogP contribution is -2.76. The van der Waals surface area contributed by atoms with Crippen molar-refractivity contribution in [2.45, 2.75) is 104 Å². The fourth-order valence-electron chi connectivity index (χ4n) is 8.70. The van der Waals surface area contributed by atoms with Crippen molar-refractivity contribution in [1.29, 1.82) is 0 Å². The predicted molar refractivity (Wildman–Crippen MR) is 131 cm³/mol. The molecule has 1 N–H and O–H groups in total. The summed E-state index contributed by atoms with van der Waals surface area (Å²) in [5, 5.41) is 11.9. The lowest BCUT2D eigenvalue weighted by Gasteiger charge is -2.68. The highest BCUT2D eigenvalue weighted by Crippen LogP contribution is 2.73. The average molecular weight is 535 g/mol. The van der Waals surface area contributed by atoms with Gasteiger partial charge in [-0.15, -0.1) is 0 Å². The largest absolute Gasteiger partial charge is 0.462 e. The average Bonchev–Trinajstić information content (AvgIpc) is 2.85. The third-order valence-electron chi connectivity index (χ3n) is 9.77. The summed E-state index contributed by atoms with van der Waals surface area (Å²) in [6.07, 6.45) is -3.22. The molecule has 0 aromatic carbocycles. The highest BCUT2D eigenvalue weighted by Gasteiger charge is 2.84. The second-order valence-electron chi connectivity index (χ2n) is 12.4. The maximum atomic E-state index is 14.4. The van der Waals surface area contributed by atoms with Crippen LogP contribution in [0.5, 0.6) is 0 Å². The SMILES string of the molecule is C=C1C(=O)[C@]23[C@H]([C@@H](OC(C)=O)C[C@]1(O)[C@H]2OC(C)=O)[C@]1(C)[C@H](OC(C)=O)CCC(C)(C)[C@@H]1C[C@H]3OC(C)=O. The molecule has 4 saturated carbocycles. The number of Topliss-reactive ketones (excluding diaryl/α,β-unsaturated/α-hetero) is 1. The van der Waals surface area contributed by atoms with Gasteiger partial charge in [0.1, 0.15) is 29.3 Å². The summed E-state index contributed by atoms with van der Waals surface area (Å²) >= 11 is 0. The van der Waals surface area contributed by atoms with Gasteiger partial charge in [0, 0.05) is 51.0 Å². The van der Waals surface area contributed by atoms with Crippen molar-refractivity contribution in [3.63, 3.8) is 0 Å². The van der Waals surface area contributed by atoms with Crippen LogP contribution in [0.1, 0.15) is 74.1 Å². The molecule has 10 nitrogen and oxygen atoms in total. The van der Waals surface area contributed by atoms with E-state index in [2.05, 4.69) is 20.4 Å². The van der Waals surface area contributed by atoms with E-state index in [1.807, 2.05) is 6.92 Å². The number of fused-ring (bicyclic) bond motifs is 3. The number of ketones is 1. The fraction of sp³-hybridized carbons (Fsp3) is 0.750. The summed E-state index contributed by atoms with van der Waals surface area (Å²) in [5.41, 5.74) is -5.41. The summed E-state index contributed by atoms with van der Waals surface area (Å²) in [5.74, 6) is -4.34. The normalized spacial score (nSPS) is 42.8. The van der Waals surface area contributed by atoms with Gasteiger partial charge in [0.25, 0.3) is 0 Å². The molecule has 0 unspecified atom stereocenters. The van der Waals surface area contributed by atoms with Crippen molar-refractivity contribution in [1.82, 2.24) is 0 Å². The Hall–Kier alpha value is -2.75. The molecule has 4 fully saturated rings. The van der Waals surface area contributed by atoms with Gasteiger partial charge in [-0.3, -0.25) is 24.0 Å². The van der Waals surface area contributed by atoms with E-state index >= 15 is 0 Å². The van der Waals surface area contributed by atoms with E-state index in [0.717, 1.165) is 0 Å². The van der Waals surface area contributed by atoms with Crippen molar-refractivity contribution in [3.05, 3.63) is 12.2 Å². The molecule has 0 radical (unpaired) electrons. The molecule has 9 atom stereocenters. The Bertz CT molecular complexity index is 1110. The zero-order valence-corrected chi connectivity index (χ0v) is 23.1. The van der Waals surface area contributed by atoms with Gasteiger partial charge in [-0.05, 0) is 30.6 Å². The van der Waals surface area contributed by atoms with Crippen molar-refractivity contribution in [2.75, 3.05) is 0 Å². The highest BCUT2D eigenvalue weighted by molar-refractivity contribution is 6.07. The van der Waals surface area contributed by atoms with Crippen molar-refractivity contribution in [3.8, 4) is 0 Å². The lowest BCUT2D eigenvalue weighted by molar-refractivity contribution is -0.298. The van der Waals surface area contributed by atoms with E-state index in [1.165, 1.54) is 27.7 Å². The van der Waals surface area contributed by atoms with Gasteiger partial charge in [0.15, 0.2) is 11.9 Å². The van der Waals surface area contributed by atoms with Crippen LogP contribution in [-0.4, -0.2) is 64.8 Å². The molecule has 38 heavy (non-hydrogen) atoms. The summed E-state index contributed by atoms with van der Waals surface area (Å²) in [6.45, 7) is 14.9. The van der Waals surface area contributed by atoms with Crippen LogP contribution >= 0.6 is 0 Å². The molecule has 2 bridgehead atoms. The standard InChI is InChI=1S/C28H38O10/c1-13-23(33)28-21(37-16(4)31)11-19-25(6,7)10-9-20(36-15(3)30)26(19,8)22(28)18(35-14(2)29)12-27(13,34)24(28)38-17(5)32/h18-22,24,34H,1,9-12H2,2-8H3/t18-,19-,20+,21+,22+,24+,26-,27+,28-/m0/s1. The quantitative estimate of drug-likeness (QED) is 0.325. The fourth-order valence-corrected chi connectivity index (χ4v) is 8.70. The van der Waals surface area contributed by atoms with Gasteiger partial charge in [0.2, 0.25) is 0 Å². The molecular formula is C28H38O10. The molecule has 10 heteroatoms.